The molecule has 0 heterocycles. The van der Waals surface area contributed by atoms with Crippen LogP contribution < -0.4 is 0 Å². The van der Waals surface area contributed by atoms with Crippen LogP contribution in [0.15, 0.2) is 48.6 Å². The summed E-state index contributed by atoms with van der Waals surface area (Å²) in [6, 6.07) is 9.69. The first-order valence-corrected chi connectivity index (χ1v) is 5.75. The average Bonchev–Trinajstić information content (AvgIpc) is 2.39. The van der Waals surface area contributed by atoms with E-state index < -0.39 is 11.4 Å². The molecule has 0 fully saturated rings. The van der Waals surface area contributed by atoms with Gasteiger partial charge in [0.25, 0.3) is 0 Å². The van der Waals surface area contributed by atoms with Crippen molar-refractivity contribution in [1.29, 1.82) is 0 Å². The average molecular weight is 242 g/mol. The van der Waals surface area contributed by atoms with Crippen LogP contribution in [-0.4, -0.2) is 16.9 Å². The topological polar surface area (TPSA) is 54.4 Å². The van der Waals surface area contributed by atoms with Gasteiger partial charge in [-0.25, -0.2) is 0 Å². The Balaban J connectivity index is 2.31. The maximum absolute atomic E-state index is 11.5. The quantitative estimate of drug-likeness (QED) is 0.829. The van der Waals surface area contributed by atoms with Crippen LogP contribution in [0.3, 0.4) is 0 Å². The molecule has 0 saturated carbocycles. The molecule has 1 aromatic rings. The van der Waals surface area contributed by atoms with E-state index in [4.69, 9.17) is 0 Å². The number of rotatable bonds is 3. The van der Waals surface area contributed by atoms with Crippen LogP contribution in [0, 0.1) is 5.41 Å². The van der Waals surface area contributed by atoms with Gasteiger partial charge < -0.3 is 5.11 Å². The summed E-state index contributed by atoms with van der Waals surface area (Å²) in [5.41, 5.74) is 0.586. The fourth-order valence-corrected chi connectivity index (χ4v) is 2.05. The van der Waals surface area contributed by atoms with Crippen LogP contribution in [-0.2, 0) is 9.59 Å². The Kier molecular flexibility index (Phi) is 3.15. The minimum Gasteiger partial charge on any atom is -0.480 e. The summed E-state index contributed by atoms with van der Waals surface area (Å²) in [5, 5.41) is 9.21. The Hall–Kier alpha value is -2.16. The molecule has 1 unspecified atom stereocenters. The molecule has 0 aromatic heterocycles. The molecule has 1 aliphatic rings. The summed E-state index contributed by atoms with van der Waals surface area (Å²) in [5.74, 6) is -1.43. The van der Waals surface area contributed by atoms with Gasteiger partial charge in [-0.2, -0.15) is 0 Å². The molecule has 0 radical (unpaired) electrons. The van der Waals surface area contributed by atoms with Gasteiger partial charge in [0, 0.05) is 0 Å². The molecular formula is C15H14O3. The molecule has 1 N–H and O–H groups in total. The third kappa shape index (κ3) is 1.99. The van der Waals surface area contributed by atoms with Crippen molar-refractivity contribution in [1.82, 2.24) is 0 Å². The number of carbonyl (C=O) groups excluding carboxylic acids is 1. The Labute approximate surface area is 105 Å². The Morgan fingerprint density at radius 3 is 2.33 bits per heavy atom. The van der Waals surface area contributed by atoms with E-state index in [1.807, 2.05) is 36.4 Å². The van der Waals surface area contributed by atoms with Crippen molar-refractivity contribution in [3.8, 4) is 0 Å². The minimum atomic E-state index is -1.39. The number of aliphatic carboxylic acids is 1. The highest BCUT2D eigenvalue weighted by atomic mass is 16.4. The summed E-state index contributed by atoms with van der Waals surface area (Å²) in [4.78, 5) is 22.8. The lowest BCUT2D eigenvalue weighted by Gasteiger charge is -2.25. The Morgan fingerprint density at radius 2 is 1.89 bits per heavy atom. The van der Waals surface area contributed by atoms with E-state index in [9.17, 15) is 14.7 Å². The Bertz CT molecular complexity index is 524. The van der Waals surface area contributed by atoms with E-state index in [-0.39, 0.29) is 12.2 Å². The van der Waals surface area contributed by atoms with Crippen molar-refractivity contribution in [2.75, 3.05) is 0 Å². The fraction of sp³-hybridized carbons (Fsp3) is 0.200. The molecule has 0 aliphatic heterocycles. The second kappa shape index (κ2) is 4.61. The summed E-state index contributed by atoms with van der Waals surface area (Å²) in [7, 11) is 0. The van der Waals surface area contributed by atoms with Gasteiger partial charge in [0.1, 0.15) is 5.41 Å². The molecule has 1 aromatic carbocycles. The summed E-state index contributed by atoms with van der Waals surface area (Å²) < 4.78 is 0. The van der Waals surface area contributed by atoms with Crippen LogP contribution >= 0.6 is 0 Å². The van der Waals surface area contributed by atoms with E-state index in [0.717, 1.165) is 11.1 Å². The first-order valence-electron chi connectivity index (χ1n) is 5.75. The number of benzene rings is 1. The number of carbonyl (C=O) groups is 2. The lowest BCUT2D eigenvalue weighted by atomic mass is 9.76. The molecule has 0 spiro atoms. The molecule has 0 bridgehead atoms. The third-order valence-corrected chi connectivity index (χ3v) is 3.31. The SMILES string of the molecule is CC(=O)C1(C(=O)O)C=CC(c2ccccc2)=CC1. The zero-order valence-electron chi connectivity index (χ0n) is 10.1. The van der Waals surface area contributed by atoms with E-state index >= 15 is 0 Å². The monoisotopic (exact) mass is 242 g/mol. The highest BCUT2D eigenvalue weighted by molar-refractivity contribution is 6.05. The molecule has 0 amide bonds. The van der Waals surface area contributed by atoms with Gasteiger partial charge >= 0.3 is 5.97 Å². The highest BCUT2D eigenvalue weighted by Crippen LogP contribution is 2.34. The number of ketones is 1. The normalized spacial score (nSPS) is 22.4. The predicted octanol–water partition coefficient (Wildman–Crippen LogP) is 2.69. The van der Waals surface area contributed by atoms with Gasteiger partial charge in [-0.05, 0) is 24.5 Å². The smallest absolute Gasteiger partial charge is 0.321 e. The largest absolute Gasteiger partial charge is 0.480 e. The van der Waals surface area contributed by atoms with Crippen molar-refractivity contribution < 1.29 is 14.7 Å². The van der Waals surface area contributed by atoms with Crippen molar-refractivity contribution in [3.63, 3.8) is 0 Å². The summed E-state index contributed by atoms with van der Waals surface area (Å²) in [6.07, 6.45) is 5.23. The van der Waals surface area contributed by atoms with E-state index in [0.29, 0.717) is 0 Å². The molecule has 1 atom stereocenters. The van der Waals surface area contributed by atoms with Gasteiger partial charge in [0.2, 0.25) is 0 Å². The zero-order valence-corrected chi connectivity index (χ0v) is 10.1. The number of allylic oxidation sites excluding steroid dienone is 3. The van der Waals surface area contributed by atoms with Gasteiger partial charge in [0.05, 0.1) is 0 Å². The molecule has 0 saturated heterocycles. The zero-order chi connectivity index (χ0) is 13.2. The van der Waals surface area contributed by atoms with Crippen LogP contribution in [0.5, 0.6) is 0 Å². The molecule has 3 nitrogen and oxygen atoms in total. The number of carboxylic acids is 1. The van der Waals surface area contributed by atoms with E-state index in [2.05, 4.69) is 0 Å². The fourth-order valence-electron chi connectivity index (χ4n) is 2.05. The molecule has 92 valence electrons. The van der Waals surface area contributed by atoms with Crippen LogP contribution in [0.1, 0.15) is 18.9 Å². The van der Waals surface area contributed by atoms with Crippen LogP contribution in [0.4, 0.5) is 0 Å². The molecule has 2 rings (SSSR count). The molecule has 3 heteroatoms. The number of carboxylic acid groups (broad SMARTS) is 1. The number of hydrogen-bond acceptors (Lipinski definition) is 2. The maximum atomic E-state index is 11.5. The van der Waals surface area contributed by atoms with Crippen molar-refractivity contribution in [3.05, 3.63) is 54.1 Å². The third-order valence-electron chi connectivity index (χ3n) is 3.31. The van der Waals surface area contributed by atoms with Crippen molar-refractivity contribution >= 4 is 17.3 Å². The molecule has 1 aliphatic carbocycles. The van der Waals surface area contributed by atoms with E-state index in [1.54, 1.807) is 6.08 Å². The second-order valence-electron chi connectivity index (χ2n) is 4.40. The lowest BCUT2D eigenvalue weighted by molar-refractivity contribution is -0.150. The molecule has 18 heavy (non-hydrogen) atoms. The minimum absolute atomic E-state index is 0.207. The van der Waals surface area contributed by atoms with Crippen LogP contribution in [0.2, 0.25) is 0 Å². The van der Waals surface area contributed by atoms with Crippen molar-refractivity contribution in [2.45, 2.75) is 13.3 Å². The number of Topliss-reactive ketones (excluding diaryl/α,β-unsaturated/α-hetero) is 1. The highest BCUT2D eigenvalue weighted by Gasteiger charge is 2.41. The molecular weight excluding hydrogens is 228 g/mol. The number of hydrogen-bond donors (Lipinski definition) is 1. The summed E-state index contributed by atoms with van der Waals surface area (Å²) >= 11 is 0. The van der Waals surface area contributed by atoms with E-state index in [1.165, 1.54) is 13.0 Å². The first-order chi connectivity index (χ1) is 8.56. The Morgan fingerprint density at radius 1 is 1.22 bits per heavy atom. The first kappa shape index (κ1) is 12.3. The van der Waals surface area contributed by atoms with Gasteiger partial charge in [-0.3, -0.25) is 9.59 Å². The van der Waals surface area contributed by atoms with Gasteiger partial charge in [-0.1, -0.05) is 48.6 Å². The maximum Gasteiger partial charge on any atom is 0.321 e. The van der Waals surface area contributed by atoms with Crippen molar-refractivity contribution in [2.24, 2.45) is 5.41 Å². The summed E-state index contributed by atoms with van der Waals surface area (Å²) in [6.45, 7) is 1.32. The lowest BCUT2D eigenvalue weighted by Crippen LogP contribution is -2.36. The van der Waals surface area contributed by atoms with Gasteiger partial charge in [-0.15, -0.1) is 0 Å². The van der Waals surface area contributed by atoms with Crippen LogP contribution in [0.25, 0.3) is 5.57 Å². The standard InChI is InChI=1S/C15H14O3/c1-11(16)15(14(17)18)9-7-13(8-10-15)12-5-3-2-4-6-12/h2-9H,10H2,1H3,(H,17,18). The second-order valence-corrected chi connectivity index (χ2v) is 4.40. The predicted molar refractivity (Wildman–Crippen MR) is 68.9 cm³/mol. The van der Waals surface area contributed by atoms with Gasteiger partial charge in [0.15, 0.2) is 5.78 Å².